The van der Waals surface area contributed by atoms with E-state index in [1.165, 1.54) is 0 Å². The molecular formula is C11H21N3O2. The van der Waals surface area contributed by atoms with Gasteiger partial charge in [-0.2, -0.15) is 5.26 Å². The molecule has 5 heteroatoms. The minimum atomic E-state index is -0.389. The zero-order chi connectivity index (χ0) is 12.0. The Bertz CT molecular complexity index is 240. The van der Waals surface area contributed by atoms with Crippen molar-refractivity contribution in [1.29, 1.82) is 5.26 Å². The van der Waals surface area contributed by atoms with Crippen molar-refractivity contribution in [3.63, 3.8) is 0 Å². The van der Waals surface area contributed by atoms with Gasteiger partial charge < -0.3 is 15.2 Å². The van der Waals surface area contributed by atoms with E-state index in [0.717, 1.165) is 6.54 Å². The number of nitrogens with one attached hydrogen (secondary N) is 1. The van der Waals surface area contributed by atoms with Crippen LogP contribution in [-0.4, -0.2) is 61.0 Å². The predicted octanol–water partition coefficient (Wildman–Crippen LogP) is -0.430. The Labute approximate surface area is 97.0 Å². The minimum Gasteiger partial charge on any atom is -0.390 e. The van der Waals surface area contributed by atoms with Gasteiger partial charge in [-0.3, -0.25) is 4.90 Å². The van der Waals surface area contributed by atoms with E-state index in [1.54, 1.807) is 0 Å². The van der Waals surface area contributed by atoms with Crippen LogP contribution in [0.1, 0.15) is 13.8 Å². The molecule has 0 spiro atoms. The van der Waals surface area contributed by atoms with Crippen LogP contribution >= 0.6 is 0 Å². The molecule has 0 aromatic heterocycles. The van der Waals surface area contributed by atoms with Crippen LogP contribution in [-0.2, 0) is 4.74 Å². The number of ether oxygens (including phenoxy) is 1. The van der Waals surface area contributed by atoms with Crippen molar-refractivity contribution in [2.24, 2.45) is 0 Å². The fourth-order valence-corrected chi connectivity index (χ4v) is 1.68. The van der Waals surface area contributed by atoms with Crippen molar-refractivity contribution in [2.45, 2.75) is 32.1 Å². The summed E-state index contributed by atoms with van der Waals surface area (Å²) < 4.78 is 5.24. The molecule has 1 aliphatic heterocycles. The largest absolute Gasteiger partial charge is 0.390 e. The molecule has 1 fully saturated rings. The van der Waals surface area contributed by atoms with Crippen LogP contribution in [0.3, 0.4) is 0 Å². The molecule has 92 valence electrons. The first-order valence-corrected chi connectivity index (χ1v) is 5.77. The molecule has 1 heterocycles. The lowest BCUT2D eigenvalue weighted by molar-refractivity contribution is -0.0155. The maximum absolute atomic E-state index is 9.78. The SMILES string of the molecule is CC(C)NCC(O)CN1CCOC(C#N)C1. The summed E-state index contributed by atoms with van der Waals surface area (Å²) >= 11 is 0. The van der Waals surface area contributed by atoms with E-state index in [-0.39, 0.29) is 12.2 Å². The molecule has 2 N–H and O–H groups in total. The summed E-state index contributed by atoms with van der Waals surface area (Å²) in [6.45, 7) is 7.24. The van der Waals surface area contributed by atoms with Crippen LogP contribution in [0.2, 0.25) is 0 Å². The third-order valence-electron chi connectivity index (χ3n) is 2.53. The number of morpholine rings is 1. The van der Waals surface area contributed by atoms with Gasteiger partial charge in [-0.1, -0.05) is 13.8 Å². The van der Waals surface area contributed by atoms with Gasteiger partial charge in [0.25, 0.3) is 0 Å². The molecule has 2 atom stereocenters. The van der Waals surface area contributed by atoms with Crippen molar-refractivity contribution < 1.29 is 9.84 Å². The van der Waals surface area contributed by atoms with Gasteiger partial charge in [-0.05, 0) is 0 Å². The lowest BCUT2D eigenvalue weighted by Crippen LogP contribution is -2.47. The van der Waals surface area contributed by atoms with Crippen molar-refractivity contribution in [3.05, 3.63) is 0 Å². The van der Waals surface area contributed by atoms with E-state index >= 15 is 0 Å². The molecule has 0 saturated carbocycles. The number of nitriles is 1. The normalized spacial score (nSPS) is 24.3. The van der Waals surface area contributed by atoms with Crippen LogP contribution in [0.15, 0.2) is 0 Å². The van der Waals surface area contributed by atoms with Crippen LogP contribution in [0.25, 0.3) is 0 Å². The van der Waals surface area contributed by atoms with E-state index < -0.39 is 0 Å². The fraction of sp³-hybridized carbons (Fsp3) is 0.909. The van der Waals surface area contributed by atoms with Crippen molar-refractivity contribution in [1.82, 2.24) is 10.2 Å². The Hall–Kier alpha value is -0.670. The first-order chi connectivity index (χ1) is 7.61. The van der Waals surface area contributed by atoms with E-state index in [2.05, 4.69) is 16.3 Å². The summed E-state index contributed by atoms with van der Waals surface area (Å²) in [7, 11) is 0. The van der Waals surface area contributed by atoms with Gasteiger partial charge in [0.2, 0.25) is 0 Å². The summed E-state index contributed by atoms with van der Waals surface area (Å²) in [4.78, 5) is 2.07. The van der Waals surface area contributed by atoms with Crippen molar-refractivity contribution >= 4 is 0 Å². The van der Waals surface area contributed by atoms with Gasteiger partial charge in [-0.25, -0.2) is 0 Å². The Morgan fingerprint density at radius 2 is 2.38 bits per heavy atom. The monoisotopic (exact) mass is 227 g/mol. The van der Waals surface area contributed by atoms with E-state index in [0.29, 0.717) is 32.3 Å². The summed E-state index contributed by atoms with van der Waals surface area (Å²) in [5, 5.41) is 21.7. The van der Waals surface area contributed by atoms with Crippen LogP contribution < -0.4 is 5.32 Å². The highest BCUT2D eigenvalue weighted by atomic mass is 16.5. The van der Waals surface area contributed by atoms with E-state index in [9.17, 15) is 5.11 Å². The maximum Gasteiger partial charge on any atom is 0.156 e. The molecule has 0 radical (unpaired) electrons. The standard InChI is InChI=1S/C11H21N3O2/c1-9(2)13-6-10(15)7-14-3-4-16-11(5-12)8-14/h9-11,13,15H,3-4,6-8H2,1-2H3. The number of rotatable bonds is 5. The van der Waals surface area contributed by atoms with Crippen LogP contribution in [0.5, 0.6) is 0 Å². The van der Waals surface area contributed by atoms with Gasteiger partial charge in [0.1, 0.15) is 0 Å². The van der Waals surface area contributed by atoms with Crippen molar-refractivity contribution in [2.75, 3.05) is 32.8 Å². The lowest BCUT2D eigenvalue weighted by atomic mass is 10.2. The van der Waals surface area contributed by atoms with Crippen molar-refractivity contribution in [3.8, 4) is 6.07 Å². The predicted molar refractivity (Wildman–Crippen MR) is 60.9 cm³/mol. The Morgan fingerprint density at radius 1 is 1.62 bits per heavy atom. The number of aliphatic hydroxyl groups excluding tert-OH is 1. The molecular weight excluding hydrogens is 206 g/mol. The Balaban J connectivity index is 2.22. The number of aliphatic hydroxyl groups is 1. The van der Waals surface area contributed by atoms with Crippen LogP contribution in [0.4, 0.5) is 0 Å². The average molecular weight is 227 g/mol. The molecule has 2 unspecified atom stereocenters. The number of hydrogen-bond donors (Lipinski definition) is 2. The molecule has 0 aromatic rings. The van der Waals surface area contributed by atoms with Gasteiger partial charge in [0.15, 0.2) is 6.10 Å². The molecule has 16 heavy (non-hydrogen) atoms. The first-order valence-electron chi connectivity index (χ1n) is 5.77. The highest BCUT2D eigenvalue weighted by Gasteiger charge is 2.21. The highest BCUT2D eigenvalue weighted by molar-refractivity contribution is 4.89. The Morgan fingerprint density at radius 3 is 3.00 bits per heavy atom. The second kappa shape index (κ2) is 6.81. The maximum atomic E-state index is 9.78. The van der Waals surface area contributed by atoms with Gasteiger partial charge >= 0.3 is 0 Å². The van der Waals surface area contributed by atoms with E-state index in [4.69, 9.17) is 10.00 Å². The zero-order valence-electron chi connectivity index (χ0n) is 10.0. The molecule has 5 nitrogen and oxygen atoms in total. The highest BCUT2D eigenvalue weighted by Crippen LogP contribution is 2.04. The topological polar surface area (TPSA) is 68.5 Å². The third kappa shape index (κ3) is 4.90. The molecule has 1 rings (SSSR count). The second-order valence-electron chi connectivity index (χ2n) is 4.46. The molecule has 0 aromatic carbocycles. The first kappa shape index (κ1) is 13.4. The quantitative estimate of drug-likeness (QED) is 0.667. The molecule has 1 saturated heterocycles. The Kier molecular flexibility index (Phi) is 5.71. The summed E-state index contributed by atoms with van der Waals surface area (Å²) in [5.74, 6) is 0. The number of β-amino-alcohol motifs (C(OH)–C–C–N with tert-alkyl or cyclic N) is 1. The average Bonchev–Trinajstić information content (AvgIpc) is 2.26. The van der Waals surface area contributed by atoms with Gasteiger partial charge in [0, 0.05) is 32.2 Å². The lowest BCUT2D eigenvalue weighted by Gasteiger charge is -2.31. The zero-order valence-corrected chi connectivity index (χ0v) is 10.0. The third-order valence-corrected chi connectivity index (χ3v) is 2.53. The number of nitrogens with zero attached hydrogens (tertiary/aromatic N) is 2. The molecule has 0 bridgehead atoms. The smallest absolute Gasteiger partial charge is 0.156 e. The van der Waals surface area contributed by atoms with E-state index in [1.807, 2.05) is 13.8 Å². The number of hydrogen-bond acceptors (Lipinski definition) is 5. The van der Waals surface area contributed by atoms with Gasteiger partial charge in [0.05, 0.1) is 18.8 Å². The summed E-state index contributed by atoms with van der Waals surface area (Å²) in [5.41, 5.74) is 0. The second-order valence-corrected chi connectivity index (χ2v) is 4.46. The fourth-order valence-electron chi connectivity index (χ4n) is 1.68. The van der Waals surface area contributed by atoms with Gasteiger partial charge in [-0.15, -0.1) is 0 Å². The molecule has 1 aliphatic rings. The van der Waals surface area contributed by atoms with Crippen LogP contribution in [0, 0.1) is 11.3 Å². The summed E-state index contributed by atoms with van der Waals surface area (Å²) in [6.07, 6.45) is -0.737. The minimum absolute atomic E-state index is 0.348. The summed E-state index contributed by atoms with van der Waals surface area (Å²) in [6, 6.07) is 2.48. The molecule has 0 aliphatic carbocycles. The molecule has 0 amide bonds.